The molecule has 2 atom stereocenters. The number of nitrogens with one attached hydrogen (secondary N) is 1. The van der Waals surface area contributed by atoms with Gasteiger partial charge >= 0.3 is 5.97 Å². The number of aromatic carboxylic acids is 1. The fraction of sp³-hybridized carbons (Fsp3) is 0.462. The molecule has 1 aromatic rings. The van der Waals surface area contributed by atoms with Crippen molar-refractivity contribution in [2.24, 2.45) is 0 Å². The monoisotopic (exact) mass is 296 g/mol. The third-order valence-electron chi connectivity index (χ3n) is 3.53. The molecule has 2 rings (SSSR count). The zero-order valence-electron chi connectivity index (χ0n) is 11.0. The van der Waals surface area contributed by atoms with Gasteiger partial charge in [0.05, 0.1) is 4.92 Å². The second-order valence-corrected chi connectivity index (χ2v) is 5.83. The van der Waals surface area contributed by atoms with Crippen molar-refractivity contribution in [1.29, 1.82) is 0 Å². The van der Waals surface area contributed by atoms with Crippen molar-refractivity contribution in [3.8, 4) is 0 Å². The van der Waals surface area contributed by atoms with E-state index in [9.17, 15) is 14.9 Å². The maximum absolute atomic E-state index is 11.1. The zero-order chi connectivity index (χ0) is 14.7. The molecule has 1 fully saturated rings. The molecule has 0 radical (unpaired) electrons. The lowest BCUT2D eigenvalue weighted by Crippen LogP contribution is -2.25. The van der Waals surface area contributed by atoms with Crippen LogP contribution in [0.5, 0.6) is 0 Å². The molecule has 2 N–H and O–H groups in total. The highest BCUT2D eigenvalue weighted by Crippen LogP contribution is 2.32. The highest BCUT2D eigenvalue weighted by atomic mass is 32.2. The zero-order valence-corrected chi connectivity index (χ0v) is 11.9. The number of benzene rings is 1. The topological polar surface area (TPSA) is 92.5 Å². The van der Waals surface area contributed by atoms with Crippen molar-refractivity contribution >= 4 is 29.1 Å². The maximum atomic E-state index is 11.1. The lowest BCUT2D eigenvalue weighted by Gasteiger charge is -2.20. The summed E-state index contributed by atoms with van der Waals surface area (Å²) in [6.45, 7) is 0. The molecule has 108 valence electrons. The number of thioether (sulfide) groups is 1. The molecule has 0 aliphatic heterocycles. The molecule has 2 unspecified atom stereocenters. The number of carbonyl (C=O) groups is 1. The van der Waals surface area contributed by atoms with E-state index < -0.39 is 10.9 Å². The average Bonchev–Trinajstić information content (AvgIpc) is 2.85. The Bertz CT molecular complexity index is 535. The first kappa shape index (κ1) is 14.6. The van der Waals surface area contributed by atoms with Gasteiger partial charge in [-0.05, 0) is 31.2 Å². The number of hydrogen-bond donors (Lipinski definition) is 2. The molecule has 0 bridgehead atoms. The predicted octanol–water partition coefficient (Wildman–Crippen LogP) is 2.99. The Labute approximate surface area is 120 Å². The van der Waals surface area contributed by atoms with Crippen molar-refractivity contribution < 1.29 is 14.8 Å². The SMILES string of the molecule is CSC1CCCC1Nc1ccc([N+](=O)[O-])c(C(=O)O)c1. The predicted molar refractivity (Wildman–Crippen MR) is 78.6 cm³/mol. The van der Waals surface area contributed by atoms with E-state index >= 15 is 0 Å². The smallest absolute Gasteiger partial charge is 0.342 e. The number of rotatable bonds is 5. The van der Waals surface area contributed by atoms with Gasteiger partial charge < -0.3 is 10.4 Å². The maximum Gasteiger partial charge on any atom is 0.342 e. The van der Waals surface area contributed by atoms with Gasteiger partial charge in [0.1, 0.15) is 5.56 Å². The Hall–Kier alpha value is -1.76. The van der Waals surface area contributed by atoms with Crippen LogP contribution in [0.2, 0.25) is 0 Å². The van der Waals surface area contributed by atoms with Crippen LogP contribution in [0.25, 0.3) is 0 Å². The standard InChI is InChI=1S/C13H16N2O4S/c1-20-12-4-2-3-10(12)14-8-5-6-11(15(18)19)9(7-8)13(16)17/h5-7,10,12,14H,2-4H2,1H3,(H,16,17). The molecule has 6 nitrogen and oxygen atoms in total. The molecule has 7 heteroatoms. The van der Waals surface area contributed by atoms with Crippen molar-refractivity contribution in [3.63, 3.8) is 0 Å². The summed E-state index contributed by atoms with van der Waals surface area (Å²) in [5, 5.41) is 23.7. The van der Waals surface area contributed by atoms with Crippen molar-refractivity contribution in [2.75, 3.05) is 11.6 Å². The van der Waals surface area contributed by atoms with Crippen LogP contribution in [-0.2, 0) is 0 Å². The number of nitrogens with zero attached hydrogens (tertiary/aromatic N) is 1. The molecule has 1 saturated carbocycles. The Balaban J connectivity index is 2.23. The number of carboxylic acids is 1. The van der Waals surface area contributed by atoms with E-state index in [0.717, 1.165) is 19.3 Å². The Kier molecular flexibility index (Phi) is 4.49. The molecule has 1 aliphatic carbocycles. The molecular formula is C13H16N2O4S. The molecule has 0 heterocycles. The number of nitro groups is 1. The molecule has 0 spiro atoms. The highest BCUT2D eigenvalue weighted by molar-refractivity contribution is 7.99. The van der Waals surface area contributed by atoms with Crippen LogP contribution in [0, 0.1) is 10.1 Å². The van der Waals surface area contributed by atoms with Gasteiger partial charge in [-0.25, -0.2) is 4.79 Å². The summed E-state index contributed by atoms with van der Waals surface area (Å²) in [5.74, 6) is -1.28. The minimum absolute atomic E-state index is 0.279. The molecular weight excluding hydrogens is 280 g/mol. The van der Waals surface area contributed by atoms with E-state index in [0.29, 0.717) is 10.9 Å². The summed E-state index contributed by atoms with van der Waals surface area (Å²) in [6, 6.07) is 4.44. The summed E-state index contributed by atoms with van der Waals surface area (Å²) in [4.78, 5) is 21.2. The third kappa shape index (κ3) is 3.04. The van der Waals surface area contributed by atoms with Crippen LogP contribution < -0.4 is 5.32 Å². The first-order valence-corrected chi connectivity index (χ1v) is 7.62. The van der Waals surface area contributed by atoms with E-state index in [4.69, 9.17) is 5.11 Å². The molecule has 1 aromatic carbocycles. The van der Waals surface area contributed by atoms with Crippen LogP contribution in [0.3, 0.4) is 0 Å². The summed E-state index contributed by atoms with van der Waals surface area (Å²) >= 11 is 1.79. The van der Waals surface area contributed by atoms with E-state index in [2.05, 4.69) is 11.6 Å². The lowest BCUT2D eigenvalue weighted by molar-refractivity contribution is -0.385. The van der Waals surface area contributed by atoms with Crippen LogP contribution in [0.15, 0.2) is 18.2 Å². The first-order chi connectivity index (χ1) is 9.52. The number of nitro benzene ring substituents is 1. The highest BCUT2D eigenvalue weighted by Gasteiger charge is 2.27. The van der Waals surface area contributed by atoms with Crippen LogP contribution in [0.4, 0.5) is 11.4 Å². The van der Waals surface area contributed by atoms with Crippen LogP contribution in [-0.4, -0.2) is 33.5 Å². The minimum Gasteiger partial charge on any atom is -0.477 e. The summed E-state index contributed by atoms with van der Waals surface area (Å²) in [7, 11) is 0. The normalized spacial score (nSPS) is 21.6. The molecule has 0 amide bonds. The molecule has 0 saturated heterocycles. The van der Waals surface area contributed by atoms with Crippen LogP contribution >= 0.6 is 11.8 Å². The second-order valence-electron chi connectivity index (χ2n) is 4.75. The van der Waals surface area contributed by atoms with Gasteiger partial charge in [-0.2, -0.15) is 11.8 Å². The van der Waals surface area contributed by atoms with Gasteiger partial charge in [-0.1, -0.05) is 6.42 Å². The van der Waals surface area contributed by atoms with Crippen molar-refractivity contribution in [1.82, 2.24) is 0 Å². The fourth-order valence-corrected chi connectivity index (χ4v) is 3.48. The minimum atomic E-state index is -1.28. The van der Waals surface area contributed by atoms with Gasteiger partial charge in [0.25, 0.3) is 5.69 Å². The van der Waals surface area contributed by atoms with Gasteiger partial charge in [-0.3, -0.25) is 10.1 Å². The second kappa shape index (κ2) is 6.13. The van der Waals surface area contributed by atoms with Crippen molar-refractivity contribution in [2.45, 2.75) is 30.6 Å². The van der Waals surface area contributed by atoms with Gasteiger partial charge in [0, 0.05) is 23.0 Å². The van der Waals surface area contributed by atoms with E-state index in [1.54, 1.807) is 17.8 Å². The van der Waals surface area contributed by atoms with Gasteiger partial charge in [0.2, 0.25) is 0 Å². The quantitative estimate of drug-likeness (QED) is 0.641. The number of anilines is 1. The molecule has 0 aromatic heterocycles. The summed E-state index contributed by atoms with van der Waals surface area (Å²) in [5.41, 5.74) is -0.0338. The summed E-state index contributed by atoms with van der Waals surface area (Å²) < 4.78 is 0. The van der Waals surface area contributed by atoms with E-state index in [-0.39, 0.29) is 17.3 Å². The van der Waals surface area contributed by atoms with Crippen molar-refractivity contribution in [3.05, 3.63) is 33.9 Å². The first-order valence-electron chi connectivity index (χ1n) is 6.34. The van der Waals surface area contributed by atoms with Crippen LogP contribution in [0.1, 0.15) is 29.6 Å². The largest absolute Gasteiger partial charge is 0.477 e. The van der Waals surface area contributed by atoms with Gasteiger partial charge in [0.15, 0.2) is 0 Å². The Morgan fingerprint density at radius 3 is 2.85 bits per heavy atom. The Morgan fingerprint density at radius 1 is 1.50 bits per heavy atom. The molecule has 20 heavy (non-hydrogen) atoms. The lowest BCUT2D eigenvalue weighted by atomic mass is 10.1. The number of hydrogen-bond acceptors (Lipinski definition) is 5. The average molecular weight is 296 g/mol. The van der Waals surface area contributed by atoms with Gasteiger partial charge in [-0.15, -0.1) is 0 Å². The third-order valence-corrected chi connectivity index (χ3v) is 4.70. The Morgan fingerprint density at radius 2 is 2.25 bits per heavy atom. The van der Waals surface area contributed by atoms with E-state index in [1.807, 2.05) is 0 Å². The summed E-state index contributed by atoms with van der Waals surface area (Å²) in [6.07, 6.45) is 5.37. The van der Waals surface area contributed by atoms with E-state index in [1.165, 1.54) is 12.1 Å². The number of carboxylic acid groups (broad SMARTS) is 1. The fourth-order valence-electron chi connectivity index (χ4n) is 2.54. The molecule has 1 aliphatic rings.